The van der Waals surface area contributed by atoms with Gasteiger partial charge in [-0.15, -0.1) is 0 Å². The zero-order chi connectivity index (χ0) is 15.1. The van der Waals surface area contributed by atoms with Crippen LogP contribution < -0.4 is 0 Å². The molecule has 0 aliphatic carbocycles. The highest BCUT2D eigenvalue weighted by molar-refractivity contribution is 5.73. The van der Waals surface area contributed by atoms with Crippen molar-refractivity contribution in [1.29, 1.82) is 0 Å². The number of rotatable bonds is 6. The van der Waals surface area contributed by atoms with Crippen LogP contribution in [0.1, 0.15) is 30.5 Å². The number of benzene rings is 2. The van der Waals surface area contributed by atoms with Gasteiger partial charge in [-0.3, -0.25) is 4.79 Å². The lowest BCUT2D eigenvalue weighted by molar-refractivity contribution is -0.144. The van der Waals surface area contributed by atoms with E-state index in [1.807, 2.05) is 48.5 Å². The number of hydrogen-bond donors (Lipinski definition) is 0. The van der Waals surface area contributed by atoms with Crippen LogP contribution in [-0.4, -0.2) is 5.97 Å². The van der Waals surface area contributed by atoms with E-state index in [9.17, 15) is 4.79 Å². The van der Waals surface area contributed by atoms with Crippen LogP contribution in [0.4, 0.5) is 0 Å². The maximum Gasteiger partial charge on any atom is 0.310 e. The molecule has 0 aromatic heterocycles. The standard InChI is InChI=1S/C19H22O2/c1-15(2)12-17-10-6-7-11-18(17)13-19(20)21-14-16-8-4-3-5-9-16/h3-11,15H,12-14H2,1-2H3. The Balaban J connectivity index is 1.93. The summed E-state index contributed by atoms with van der Waals surface area (Å²) in [5, 5.41) is 0. The summed E-state index contributed by atoms with van der Waals surface area (Å²) < 4.78 is 5.35. The van der Waals surface area contributed by atoms with E-state index >= 15 is 0 Å². The number of carbonyl (C=O) groups is 1. The topological polar surface area (TPSA) is 26.3 Å². The van der Waals surface area contributed by atoms with Gasteiger partial charge in [-0.25, -0.2) is 0 Å². The molecule has 0 spiro atoms. The molecule has 2 rings (SSSR count). The van der Waals surface area contributed by atoms with Crippen molar-refractivity contribution in [3.8, 4) is 0 Å². The molecule has 0 aliphatic heterocycles. The predicted molar refractivity (Wildman–Crippen MR) is 84.9 cm³/mol. The third-order valence-corrected chi connectivity index (χ3v) is 3.32. The Labute approximate surface area is 126 Å². The average molecular weight is 282 g/mol. The number of esters is 1. The smallest absolute Gasteiger partial charge is 0.310 e. The zero-order valence-electron chi connectivity index (χ0n) is 12.7. The number of carbonyl (C=O) groups excluding carboxylic acids is 1. The third-order valence-electron chi connectivity index (χ3n) is 3.32. The van der Waals surface area contributed by atoms with Crippen molar-refractivity contribution in [3.63, 3.8) is 0 Å². The molecule has 2 heteroatoms. The quantitative estimate of drug-likeness (QED) is 0.743. The van der Waals surface area contributed by atoms with Gasteiger partial charge in [0, 0.05) is 0 Å². The minimum Gasteiger partial charge on any atom is -0.461 e. The van der Waals surface area contributed by atoms with Gasteiger partial charge in [0.25, 0.3) is 0 Å². The van der Waals surface area contributed by atoms with Crippen LogP contribution in [0.2, 0.25) is 0 Å². The summed E-state index contributed by atoms with van der Waals surface area (Å²) in [6, 6.07) is 17.9. The highest BCUT2D eigenvalue weighted by atomic mass is 16.5. The maximum absolute atomic E-state index is 12.0. The number of ether oxygens (including phenoxy) is 1. The van der Waals surface area contributed by atoms with Gasteiger partial charge in [-0.05, 0) is 29.0 Å². The van der Waals surface area contributed by atoms with Crippen LogP contribution in [0.5, 0.6) is 0 Å². The normalized spacial score (nSPS) is 10.6. The first kappa shape index (κ1) is 15.3. The van der Waals surface area contributed by atoms with Gasteiger partial charge in [0.1, 0.15) is 6.61 Å². The van der Waals surface area contributed by atoms with Gasteiger partial charge >= 0.3 is 5.97 Å². The fourth-order valence-corrected chi connectivity index (χ4v) is 2.31. The second kappa shape index (κ2) is 7.63. The minimum absolute atomic E-state index is 0.171. The van der Waals surface area contributed by atoms with Crippen LogP contribution in [0.3, 0.4) is 0 Å². The van der Waals surface area contributed by atoms with Crippen molar-refractivity contribution in [2.45, 2.75) is 33.3 Å². The molecule has 2 aromatic rings. The molecule has 0 radical (unpaired) electrons. The second-order valence-electron chi connectivity index (χ2n) is 5.69. The molecule has 0 unspecified atom stereocenters. The van der Waals surface area contributed by atoms with E-state index in [0.29, 0.717) is 18.9 Å². The highest BCUT2D eigenvalue weighted by Crippen LogP contribution is 2.15. The van der Waals surface area contributed by atoms with Crippen LogP contribution in [0, 0.1) is 5.92 Å². The van der Waals surface area contributed by atoms with Crippen LogP contribution in [-0.2, 0) is 29.0 Å². The van der Waals surface area contributed by atoms with Gasteiger partial charge < -0.3 is 4.74 Å². The Morgan fingerprint density at radius 3 is 2.24 bits per heavy atom. The SMILES string of the molecule is CC(C)Cc1ccccc1CC(=O)OCc1ccccc1. The Bertz CT molecular complexity index is 573. The Hall–Kier alpha value is -2.09. The molecular weight excluding hydrogens is 260 g/mol. The summed E-state index contributed by atoms with van der Waals surface area (Å²) in [4.78, 5) is 12.0. The predicted octanol–water partition coefficient (Wildman–Crippen LogP) is 4.17. The summed E-state index contributed by atoms with van der Waals surface area (Å²) in [7, 11) is 0. The summed E-state index contributed by atoms with van der Waals surface area (Å²) in [5.74, 6) is 0.404. The molecule has 0 aliphatic rings. The van der Waals surface area contributed by atoms with Crippen molar-refractivity contribution in [1.82, 2.24) is 0 Å². The van der Waals surface area contributed by atoms with E-state index in [1.165, 1.54) is 5.56 Å². The van der Waals surface area contributed by atoms with Crippen molar-refractivity contribution in [3.05, 3.63) is 71.3 Å². The third kappa shape index (κ3) is 5.07. The summed E-state index contributed by atoms with van der Waals surface area (Å²) in [5.41, 5.74) is 3.33. The number of hydrogen-bond acceptors (Lipinski definition) is 2. The van der Waals surface area contributed by atoms with E-state index in [0.717, 1.165) is 17.5 Å². The molecule has 0 saturated carbocycles. The molecular formula is C19H22O2. The molecule has 0 heterocycles. The molecule has 21 heavy (non-hydrogen) atoms. The Kier molecular flexibility index (Phi) is 5.56. The second-order valence-corrected chi connectivity index (χ2v) is 5.69. The van der Waals surface area contributed by atoms with Gasteiger partial charge in [0.15, 0.2) is 0 Å². The van der Waals surface area contributed by atoms with Crippen molar-refractivity contribution < 1.29 is 9.53 Å². The summed E-state index contributed by atoms with van der Waals surface area (Å²) in [6.07, 6.45) is 1.33. The monoisotopic (exact) mass is 282 g/mol. The van der Waals surface area contributed by atoms with Gasteiger partial charge in [-0.2, -0.15) is 0 Å². The van der Waals surface area contributed by atoms with Gasteiger partial charge in [-0.1, -0.05) is 68.4 Å². The van der Waals surface area contributed by atoms with Crippen LogP contribution >= 0.6 is 0 Å². The molecule has 0 fully saturated rings. The summed E-state index contributed by atoms with van der Waals surface area (Å²) in [6.45, 7) is 4.71. The molecule has 0 N–H and O–H groups in total. The first-order valence-corrected chi connectivity index (χ1v) is 7.41. The Morgan fingerprint density at radius 2 is 1.57 bits per heavy atom. The van der Waals surface area contributed by atoms with E-state index in [4.69, 9.17) is 4.74 Å². The molecule has 2 aromatic carbocycles. The molecule has 2 nitrogen and oxygen atoms in total. The fourth-order valence-electron chi connectivity index (χ4n) is 2.31. The molecule has 0 amide bonds. The lowest BCUT2D eigenvalue weighted by Crippen LogP contribution is -2.10. The first-order chi connectivity index (χ1) is 10.1. The van der Waals surface area contributed by atoms with E-state index in [2.05, 4.69) is 19.9 Å². The lowest BCUT2D eigenvalue weighted by atomic mass is 9.96. The van der Waals surface area contributed by atoms with Gasteiger partial charge in [0.05, 0.1) is 6.42 Å². The molecule has 110 valence electrons. The minimum atomic E-state index is -0.171. The van der Waals surface area contributed by atoms with E-state index in [1.54, 1.807) is 0 Å². The summed E-state index contributed by atoms with van der Waals surface area (Å²) >= 11 is 0. The van der Waals surface area contributed by atoms with Crippen LogP contribution in [0.25, 0.3) is 0 Å². The highest BCUT2D eigenvalue weighted by Gasteiger charge is 2.10. The Morgan fingerprint density at radius 1 is 0.952 bits per heavy atom. The molecule has 0 atom stereocenters. The van der Waals surface area contributed by atoms with Crippen molar-refractivity contribution >= 4 is 5.97 Å². The van der Waals surface area contributed by atoms with Crippen molar-refractivity contribution in [2.24, 2.45) is 5.92 Å². The largest absolute Gasteiger partial charge is 0.461 e. The first-order valence-electron chi connectivity index (χ1n) is 7.41. The zero-order valence-corrected chi connectivity index (χ0v) is 12.7. The van der Waals surface area contributed by atoms with Crippen LogP contribution in [0.15, 0.2) is 54.6 Å². The molecule has 0 saturated heterocycles. The van der Waals surface area contributed by atoms with E-state index < -0.39 is 0 Å². The average Bonchev–Trinajstić information content (AvgIpc) is 2.48. The van der Waals surface area contributed by atoms with Crippen molar-refractivity contribution in [2.75, 3.05) is 0 Å². The van der Waals surface area contributed by atoms with Gasteiger partial charge in [0.2, 0.25) is 0 Å². The fraction of sp³-hybridized carbons (Fsp3) is 0.316. The molecule has 0 bridgehead atoms. The maximum atomic E-state index is 12.0. The van der Waals surface area contributed by atoms with E-state index in [-0.39, 0.29) is 5.97 Å². The lowest BCUT2D eigenvalue weighted by Gasteiger charge is -2.11.